The zero-order valence-corrected chi connectivity index (χ0v) is 8.98. The van der Waals surface area contributed by atoms with Gasteiger partial charge in [-0.2, -0.15) is 0 Å². The van der Waals surface area contributed by atoms with Gasteiger partial charge < -0.3 is 10.0 Å². The van der Waals surface area contributed by atoms with Crippen LogP contribution in [0.15, 0.2) is 0 Å². The Morgan fingerprint density at radius 3 is 2.20 bits per heavy atom. The molecule has 2 fully saturated rings. The normalized spacial score (nSPS) is 24.2. The second-order valence-electron chi connectivity index (χ2n) is 4.74. The van der Waals surface area contributed by atoms with Gasteiger partial charge >= 0.3 is 5.97 Å². The van der Waals surface area contributed by atoms with E-state index in [1.54, 1.807) is 4.90 Å². The predicted molar refractivity (Wildman–Crippen MR) is 54.2 cm³/mol. The van der Waals surface area contributed by atoms with Gasteiger partial charge in [-0.1, -0.05) is 6.42 Å². The third-order valence-corrected chi connectivity index (χ3v) is 3.81. The highest BCUT2D eigenvalue weighted by Gasteiger charge is 2.44. The maximum Gasteiger partial charge on any atom is 0.307 e. The van der Waals surface area contributed by atoms with Crippen LogP contribution in [-0.4, -0.2) is 35.0 Å². The summed E-state index contributed by atoms with van der Waals surface area (Å²) in [5.74, 6) is -0.274. The van der Waals surface area contributed by atoms with Crippen molar-refractivity contribution in [3.63, 3.8) is 0 Å². The number of rotatable bonds is 3. The highest BCUT2D eigenvalue weighted by Crippen LogP contribution is 2.40. The molecule has 0 bridgehead atoms. The van der Waals surface area contributed by atoms with E-state index in [9.17, 15) is 9.59 Å². The predicted octanol–water partition coefficient (Wildman–Crippen LogP) is 0.966. The topological polar surface area (TPSA) is 57.6 Å². The van der Waals surface area contributed by atoms with Gasteiger partial charge in [-0.05, 0) is 18.8 Å². The molecule has 1 saturated carbocycles. The van der Waals surface area contributed by atoms with Crippen molar-refractivity contribution >= 4 is 11.9 Å². The fourth-order valence-electron chi connectivity index (χ4n) is 2.58. The first-order chi connectivity index (χ1) is 7.09. The highest BCUT2D eigenvalue weighted by molar-refractivity contribution is 5.75. The van der Waals surface area contributed by atoms with Gasteiger partial charge in [-0.25, -0.2) is 0 Å². The van der Waals surface area contributed by atoms with Crippen LogP contribution in [-0.2, 0) is 9.59 Å². The van der Waals surface area contributed by atoms with Crippen molar-refractivity contribution in [3.05, 3.63) is 0 Å². The molecule has 15 heavy (non-hydrogen) atoms. The fourth-order valence-corrected chi connectivity index (χ4v) is 2.58. The fraction of sp³-hybridized carbons (Fsp3) is 0.818. The Morgan fingerprint density at radius 2 is 1.87 bits per heavy atom. The summed E-state index contributed by atoms with van der Waals surface area (Å²) in [4.78, 5) is 23.9. The van der Waals surface area contributed by atoms with E-state index >= 15 is 0 Å². The van der Waals surface area contributed by atoms with Crippen LogP contribution in [0.1, 0.15) is 26.2 Å². The van der Waals surface area contributed by atoms with Gasteiger partial charge in [-0.15, -0.1) is 0 Å². The number of carboxylic acids is 1. The van der Waals surface area contributed by atoms with Crippen LogP contribution >= 0.6 is 0 Å². The van der Waals surface area contributed by atoms with Crippen LogP contribution in [0.3, 0.4) is 0 Å². The first-order valence-corrected chi connectivity index (χ1v) is 5.58. The standard InChI is InChI=1S/C11H17NO3/c1-7(13)12-5-9(6-12)10(11(14)15)8-3-2-4-8/h8-10H,2-6H2,1H3,(H,14,15). The number of amides is 1. The van der Waals surface area contributed by atoms with Gasteiger partial charge in [0.05, 0.1) is 5.92 Å². The minimum Gasteiger partial charge on any atom is -0.481 e. The molecule has 0 radical (unpaired) electrons. The molecule has 0 spiro atoms. The Labute approximate surface area is 89.3 Å². The number of carbonyl (C=O) groups excluding carboxylic acids is 1. The summed E-state index contributed by atoms with van der Waals surface area (Å²) in [6, 6.07) is 0. The van der Waals surface area contributed by atoms with Gasteiger partial charge in [0, 0.05) is 25.9 Å². The molecule has 1 unspecified atom stereocenters. The van der Waals surface area contributed by atoms with Crippen LogP contribution in [0.5, 0.6) is 0 Å². The molecule has 1 heterocycles. The van der Waals surface area contributed by atoms with Crippen molar-refractivity contribution in [3.8, 4) is 0 Å². The largest absolute Gasteiger partial charge is 0.481 e. The van der Waals surface area contributed by atoms with Crippen LogP contribution in [0.2, 0.25) is 0 Å². The molecule has 2 aliphatic rings. The average Bonchev–Trinajstić information content (AvgIpc) is 1.94. The van der Waals surface area contributed by atoms with E-state index in [0.29, 0.717) is 19.0 Å². The molecular weight excluding hydrogens is 194 g/mol. The Bertz CT molecular complexity index is 280. The van der Waals surface area contributed by atoms with Gasteiger partial charge in [0.25, 0.3) is 0 Å². The minimum absolute atomic E-state index is 0.0593. The number of carbonyl (C=O) groups is 2. The third kappa shape index (κ3) is 1.85. The molecule has 0 aromatic carbocycles. The number of aliphatic carboxylic acids is 1. The van der Waals surface area contributed by atoms with E-state index in [1.807, 2.05) is 0 Å². The number of hydrogen-bond donors (Lipinski definition) is 1. The van der Waals surface area contributed by atoms with Crippen molar-refractivity contribution < 1.29 is 14.7 Å². The second-order valence-corrected chi connectivity index (χ2v) is 4.74. The first-order valence-electron chi connectivity index (χ1n) is 5.58. The lowest BCUT2D eigenvalue weighted by Gasteiger charge is -2.45. The second kappa shape index (κ2) is 3.83. The van der Waals surface area contributed by atoms with Crippen LogP contribution < -0.4 is 0 Å². The molecular formula is C11H17NO3. The molecule has 1 N–H and O–H groups in total. The third-order valence-electron chi connectivity index (χ3n) is 3.81. The number of hydrogen-bond acceptors (Lipinski definition) is 2. The van der Waals surface area contributed by atoms with Gasteiger partial charge in [0.15, 0.2) is 0 Å². The summed E-state index contributed by atoms with van der Waals surface area (Å²) < 4.78 is 0. The van der Waals surface area contributed by atoms with Gasteiger partial charge in [-0.3, -0.25) is 9.59 Å². The van der Waals surface area contributed by atoms with E-state index in [0.717, 1.165) is 19.3 Å². The minimum atomic E-state index is -0.673. The molecule has 0 aromatic rings. The lowest BCUT2D eigenvalue weighted by Crippen LogP contribution is -2.55. The van der Waals surface area contributed by atoms with Crippen molar-refractivity contribution in [1.82, 2.24) is 4.90 Å². The van der Waals surface area contributed by atoms with E-state index in [2.05, 4.69) is 0 Å². The molecule has 1 aliphatic heterocycles. The van der Waals surface area contributed by atoms with Crippen LogP contribution in [0.4, 0.5) is 0 Å². The Kier molecular flexibility index (Phi) is 2.67. The molecule has 1 saturated heterocycles. The van der Waals surface area contributed by atoms with Gasteiger partial charge in [0.2, 0.25) is 5.91 Å². The molecule has 4 nitrogen and oxygen atoms in total. The van der Waals surface area contributed by atoms with Crippen LogP contribution in [0.25, 0.3) is 0 Å². The maximum absolute atomic E-state index is 11.1. The lowest BCUT2D eigenvalue weighted by atomic mass is 9.68. The van der Waals surface area contributed by atoms with E-state index < -0.39 is 5.97 Å². The smallest absolute Gasteiger partial charge is 0.307 e. The van der Waals surface area contributed by atoms with Crippen molar-refractivity contribution in [2.75, 3.05) is 13.1 Å². The highest BCUT2D eigenvalue weighted by atomic mass is 16.4. The zero-order chi connectivity index (χ0) is 11.0. The summed E-state index contributed by atoms with van der Waals surface area (Å²) in [5.41, 5.74) is 0. The summed E-state index contributed by atoms with van der Waals surface area (Å²) >= 11 is 0. The lowest BCUT2D eigenvalue weighted by molar-refractivity contribution is -0.155. The molecule has 4 heteroatoms. The molecule has 1 atom stereocenters. The average molecular weight is 211 g/mol. The quantitative estimate of drug-likeness (QED) is 0.756. The van der Waals surface area contributed by atoms with Crippen molar-refractivity contribution in [2.45, 2.75) is 26.2 Å². The zero-order valence-electron chi connectivity index (χ0n) is 8.98. The van der Waals surface area contributed by atoms with Gasteiger partial charge in [0.1, 0.15) is 0 Å². The first kappa shape index (κ1) is 10.5. The van der Waals surface area contributed by atoms with E-state index in [1.165, 1.54) is 6.92 Å². The maximum atomic E-state index is 11.1. The molecule has 84 valence electrons. The molecule has 1 aliphatic carbocycles. The summed E-state index contributed by atoms with van der Waals surface area (Å²) in [7, 11) is 0. The molecule has 2 rings (SSSR count). The molecule has 0 aromatic heterocycles. The summed E-state index contributed by atoms with van der Waals surface area (Å²) in [6.07, 6.45) is 3.26. The summed E-state index contributed by atoms with van der Waals surface area (Å²) in [5, 5.41) is 9.17. The van der Waals surface area contributed by atoms with E-state index in [4.69, 9.17) is 5.11 Å². The number of likely N-dealkylation sites (tertiary alicyclic amines) is 1. The Balaban J connectivity index is 1.91. The monoisotopic (exact) mass is 211 g/mol. The van der Waals surface area contributed by atoms with Crippen LogP contribution in [0, 0.1) is 17.8 Å². The number of carboxylic acid groups (broad SMARTS) is 1. The van der Waals surface area contributed by atoms with Crippen molar-refractivity contribution in [1.29, 1.82) is 0 Å². The SMILES string of the molecule is CC(=O)N1CC(C(C(=O)O)C2CCC2)C1. The van der Waals surface area contributed by atoms with E-state index in [-0.39, 0.29) is 17.7 Å². The number of nitrogens with zero attached hydrogens (tertiary/aromatic N) is 1. The Hall–Kier alpha value is -1.06. The molecule has 1 amide bonds. The summed E-state index contributed by atoms with van der Waals surface area (Å²) in [6.45, 7) is 2.82. The van der Waals surface area contributed by atoms with Crippen molar-refractivity contribution in [2.24, 2.45) is 17.8 Å². The Morgan fingerprint density at radius 1 is 1.27 bits per heavy atom.